The van der Waals surface area contributed by atoms with Gasteiger partial charge in [-0.3, -0.25) is 5.43 Å². The number of nitrogen functional groups attached to an aromatic ring is 1. The zero-order chi connectivity index (χ0) is 14.5. The van der Waals surface area contributed by atoms with Gasteiger partial charge < -0.3 is 14.2 Å². The lowest BCUT2D eigenvalue weighted by Crippen LogP contribution is -2.23. The first kappa shape index (κ1) is 14.0. The van der Waals surface area contributed by atoms with E-state index in [0.717, 1.165) is 5.82 Å². The second-order valence-corrected chi connectivity index (χ2v) is 4.13. The van der Waals surface area contributed by atoms with E-state index in [9.17, 15) is 0 Å². The lowest BCUT2D eigenvalue weighted by atomic mass is 10.5. The Balaban J connectivity index is 2.22. The molecular formula is C11H18N8O. The first-order valence-electron chi connectivity index (χ1n) is 6.16. The number of hydrogen-bond donors (Lipinski definition) is 2. The minimum Gasteiger partial charge on any atom is -0.464 e. The van der Waals surface area contributed by atoms with Crippen molar-refractivity contribution in [1.82, 2.24) is 24.5 Å². The van der Waals surface area contributed by atoms with Crippen molar-refractivity contribution >= 4 is 11.9 Å². The third-order valence-corrected chi connectivity index (χ3v) is 2.65. The first-order chi connectivity index (χ1) is 9.63. The maximum Gasteiger partial charge on any atom is 0.323 e. The summed E-state index contributed by atoms with van der Waals surface area (Å²) >= 11 is 0. The van der Waals surface area contributed by atoms with Gasteiger partial charge in [-0.05, 0) is 6.92 Å². The summed E-state index contributed by atoms with van der Waals surface area (Å²) in [5, 5.41) is 0. The topological polar surface area (TPSA) is 107 Å². The van der Waals surface area contributed by atoms with Crippen LogP contribution in [0.25, 0.3) is 0 Å². The monoisotopic (exact) mass is 278 g/mol. The van der Waals surface area contributed by atoms with E-state index in [1.54, 1.807) is 6.20 Å². The molecule has 3 N–H and O–H groups in total. The molecule has 0 amide bonds. The van der Waals surface area contributed by atoms with Crippen LogP contribution in [0.5, 0.6) is 6.01 Å². The van der Waals surface area contributed by atoms with E-state index in [1.165, 1.54) is 0 Å². The largest absolute Gasteiger partial charge is 0.464 e. The van der Waals surface area contributed by atoms with Crippen molar-refractivity contribution in [3.8, 4) is 6.01 Å². The second-order valence-electron chi connectivity index (χ2n) is 4.13. The maximum atomic E-state index is 5.35. The number of nitrogens with two attached hydrogens (primary N) is 1. The molecule has 0 saturated heterocycles. The molecule has 0 saturated carbocycles. The Labute approximate surface area is 116 Å². The van der Waals surface area contributed by atoms with E-state index in [-0.39, 0.29) is 12.0 Å². The minimum absolute atomic E-state index is 0.233. The highest BCUT2D eigenvalue weighted by molar-refractivity contribution is 5.37. The van der Waals surface area contributed by atoms with Gasteiger partial charge in [0.2, 0.25) is 11.9 Å². The average Bonchev–Trinajstić information content (AvgIpc) is 2.84. The van der Waals surface area contributed by atoms with Gasteiger partial charge in [-0.1, -0.05) is 0 Å². The van der Waals surface area contributed by atoms with Crippen LogP contribution in [0.1, 0.15) is 12.7 Å². The van der Waals surface area contributed by atoms with E-state index >= 15 is 0 Å². The van der Waals surface area contributed by atoms with Gasteiger partial charge in [-0.25, -0.2) is 10.8 Å². The van der Waals surface area contributed by atoms with Crippen molar-refractivity contribution in [2.75, 3.05) is 24.0 Å². The summed E-state index contributed by atoms with van der Waals surface area (Å²) in [4.78, 5) is 18.5. The molecule has 2 aromatic heterocycles. The predicted molar refractivity (Wildman–Crippen MR) is 74.1 cm³/mol. The molecule has 9 heteroatoms. The molecule has 0 unspecified atom stereocenters. The minimum atomic E-state index is 0.233. The molecule has 0 fully saturated rings. The van der Waals surface area contributed by atoms with Gasteiger partial charge in [0.25, 0.3) is 0 Å². The zero-order valence-corrected chi connectivity index (χ0v) is 11.7. The molecule has 0 bridgehead atoms. The van der Waals surface area contributed by atoms with E-state index < -0.39 is 0 Å². The summed E-state index contributed by atoms with van der Waals surface area (Å²) in [5.74, 6) is 6.96. The fourth-order valence-electron chi connectivity index (χ4n) is 1.61. The number of rotatable bonds is 6. The van der Waals surface area contributed by atoms with Crippen molar-refractivity contribution in [3.05, 3.63) is 18.2 Å². The van der Waals surface area contributed by atoms with Crippen LogP contribution in [0.4, 0.5) is 11.9 Å². The van der Waals surface area contributed by atoms with Crippen LogP contribution in [0.15, 0.2) is 12.4 Å². The van der Waals surface area contributed by atoms with Crippen LogP contribution in [0, 0.1) is 0 Å². The Morgan fingerprint density at radius 2 is 2.20 bits per heavy atom. The molecular weight excluding hydrogens is 260 g/mol. The molecule has 9 nitrogen and oxygen atoms in total. The van der Waals surface area contributed by atoms with Gasteiger partial charge in [0.15, 0.2) is 0 Å². The standard InChI is InChI=1S/C11H18N8O/c1-4-20-11-15-9(17-12)14-10(16-11)19(3)7-8-13-5-6-18(8)2/h5-6H,4,7,12H2,1-3H3,(H,14,15,16,17). The van der Waals surface area contributed by atoms with Gasteiger partial charge in [0.05, 0.1) is 13.2 Å². The molecule has 20 heavy (non-hydrogen) atoms. The van der Waals surface area contributed by atoms with Crippen molar-refractivity contribution in [1.29, 1.82) is 0 Å². The molecule has 108 valence electrons. The number of hydrogen-bond acceptors (Lipinski definition) is 8. The quantitative estimate of drug-likeness (QED) is 0.558. The number of anilines is 2. The van der Waals surface area contributed by atoms with E-state index in [4.69, 9.17) is 10.6 Å². The van der Waals surface area contributed by atoms with Crippen molar-refractivity contribution < 1.29 is 4.74 Å². The smallest absolute Gasteiger partial charge is 0.323 e. The summed E-state index contributed by atoms with van der Waals surface area (Å²) in [6.07, 6.45) is 3.63. The van der Waals surface area contributed by atoms with E-state index in [1.807, 2.05) is 36.7 Å². The van der Waals surface area contributed by atoms with Crippen LogP contribution < -0.4 is 20.9 Å². The van der Waals surface area contributed by atoms with Crippen LogP contribution >= 0.6 is 0 Å². The lowest BCUT2D eigenvalue weighted by Gasteiger charge is -2.17. The number of aryl methyl sites for hydroxylation is 1. The number of nitrogens with zero attached hydrogens (tertiary/aromatic N) is 6. The number of ether oxygens (including phenoxy) is 1. The van der Waals surface area contributed by atoms with Crippen molar-refractivity contribution in [3.63, 3.8) is 0 Å². The molecule has 2 aromatic rings. The number of aromatic nitrogens is 5. The summed E-state index contributed by atoms with van der Waals surface area (Å²) in [5.41, 5.74) is 2.40. The molecule has 0 atom stereocenters. The molecule has 0 aromatic carbocycles. The predicted octanol–water partition coefficient (Wildman–Crippen LogP) is -0.0742. The number of imidazole rings is 1. The van der Waals surface area contributed by atoms with Crippen LogP contribution in [-0.2, 0) is 13.6 Å². The van der Waals surface area contributed by atoms with Crippen molar-refractivity contribution in [2.24, 2.45) is 12.9 Å². The second kappa shape index (κ2) is 6.15. The maximum absolute atomic E-state index is 5.35. The Morgan fingerprint density at radius 3 is 2.80 bits per heavy atom. The van der Waals surface area contributed by atoms with Gasteiger partial charge in [0, 0.05) is 26.5 Å². The normalized spacial score (nSPS) is 10.4. The average molecular weight is 278 g/mol. The third-order valence-electron chi connectivity index (χ3n) is 2.65. The summed E-state index contributed by atoms with van der Waals surface area (Å²) in [6, 6.07) is 0.233. The highest BCUT2D eigenvalue weighted by atomic mass is 16.5. The highest BCUT2D eigenvalue weighted by Crippen LogP contribution is 2.15. The lowest BCUT2D eigenvalue weighted by molar-refractivity contribution is 0.312. The number of hydrazine groups is 1. The molecule has 2 heterocycles. The molecule has 2 rings (SSSR count). The fraction of sp³-hybridized carbons (Fsp3) is 0.455. The van der Waals surface area contributed by atoms with E-state index in [0.29, 0.717) is 19.1 Å². The van der Waals surface area contributed by atoms with Gasteiger partial charge in [0.1, 0.15) is 5.82 Å². The molecule has 0 aliphatic rings. The zero-order valence-electron chi connectivity index (χ0n) is 11.7. The molecule has 0 radical (unpaired) electrons. The Morgan fingerprint density at radius 1 is 1.40 bits per heavy atom. The van der Waals surface area contributed by atoms with Gasteiger partial charge in [-0.15, -0.1) is 0 Å². The van der Waals surface area contributed by atoms with Crippen LogP contribution in [0.2, 0.25) is 0 Å². The Bertz CT molecular complexity index is 569. The summed E-state index contributed by atoms with van der Waals surface area (Å²) < 4.78 is 7.23. The molecule has 0 aliphatic carbocycles. The van der Waals surface area contributed by atoms with Crippen LogP contribution in [-0.4, -0.2) is 38.2 Å². The third kappa shape index (κ3) is 3.12. The first-order valence-corrected chi connectivity index (χ1v) is 6.16. The fourth-order valence-corrected chi connectivity index (χ4v) is 1.61. The Kier molecular flexibility index (Phi) is 4.31. The van der Waals surface area contributed by atoms with Gasteiger partial charge in [-0.2, -0.15) is 15.0 Å². The summed E-state index contributed by atoms with van der Waals surface area (Å²) in [7, 11) is 3.79. The van der Waals surface area contributed by atoms with Gasteiger partial charge >= 0.3 is 6.01 Å². The van der Waals surface area contributed by atoms with Crippen LogP contribution in [0.3, 0.4) is 0 Å². The highest BCUT2D eigenvalue weighted by Gasteiger charge is 2.12. The molecule has 0 aliphatic heterocycles. The SMILES string of the molecule is CCOc1nc(NN)nc(N(C)Cc2nccn2C)n1. The number of nitrogens with one attached hydrogen (secondary N) is 1. The molecule has 0 spiro atoms. The Hall–Kier alpha value is -2.42. The van der Waals surface area contributed by atoms with E-state index in [2.05, 4.69) is 25.4 Å². The summed E-state index contributed by atoms with van der Waals surface area (Å²) in [6.45, 7) is 2.89. The van der Waals surface area contributed by atoms with Crippen molar-refractivity contribution in [2.45, 2.75) is 13.5 Å².